The Hall–Kier alpha value is -2.51. The first-order chi connectivity index (χ1) is 14.7. The summed E-state index contributed by atoms with van der Waals surface area (Å²) >= 11 is 1.67. The molecule has 0 aliphatic carbocycles. The predicted molar refractivity (Wildman–Crippen MR) is 118 cm³/mol. The largest absolute Gasteiger partial charge is 0.497 e. The SMILES string of the molecule is COc1ccc(-c2nnc(SCc3cc(C)ccc3OC)n2CC2CCCO2)cc1. The van der Waals surface area contributed by atoms with Crippen LogP contribution in [0.15, 0.2) is 47.6 Å². The summed E-state index contributed by atoms with van der Waals surface area (Å²) in [5.74, 6) is 3.34. The highest BCUT2D eigenvalue weighted by Crippen LogP contribution is 2.31. The van der Waals surface area contributed by atoms with Crippen LogP contribution in [-0.2, 0) is 17.0 Å². The third-order valence-corrected chi connectivity index (χ3v) is 6.28. The van der Waals surface area contributed by atoms with E-state index in [1.165, 1.54) is 5.56 Å². The highest BCUT2D eigenvalue weighted by molar-refractivity contribution is 7.98. The van der Waals surface area contributed by atoms with Crippen LogP contribution in [0, 0.1) is 6.92 Å². The standard InChI is InChI=1S/C23H27N3O3S/c1-16-6-11-21(28-3)18(13-16)15-30-23-25-24-22(17-7-9-19(27-2)10-8-17)26(23)14-20-5-4-12-29-20/h6-11,13,20H,4-5,12,14-15H2,1-3H3. The highest BCUT2D eigenvalue weighted by Gasteiger charge is 2.22. The summed E-state index contributed by atoms with van der Waals surface area (Å²) in [6.45, 7) is 3.67. The lowest BCUT2D eigenvalue weighted by Gasteiger charge is -2.15. The lowest BCUT2D eigenvalue weighted by Crippen LogP contribution is -2.16. The Labute approximate surface area is 181 Å². The number of benzene rings is 2. The number of methoxy groups -OCH3 is 2. The molecule has 0 spiro atoms. The minimum atomic E-state index is 0.200. The molecule has 6 nitrogen and oxygen atoms in total. The van der Waals surface area contributed by atoms with Gasteiger partial charge in [-0.05, 0) is 50.1 Å². The van der Waals surface area contributed by atoms with Gasteiger partial charge in [-0.15, -0.1) is 10.2 Å². The van der Waals surface area contributed by atoms with Crippen LogP contribution in [0.4, 0.5) is 0 Å². The number of rotatable bonds is 8. The fourth-order valence-electron chi connectivity index (χ4n) is 3.67. The molecule has 0 saturated carbocycles. The zero-order valence-corrected chi connectivity index (χ0v) is 18.4. The molecule has 30 heavy (non-hydrogen) atoms. The van der Waals surface area contributed by atoms with Crippen LogP contribution >= 0.6 is 11.8 Å². The van der Waals surface area contributed by atoms with Crippen LogP contribution in [0.1, 0.15) is 24.0 Å². The van der Waals surface area contributed by atoms with Gasteiger partial charge in [-0.3, -0.25) is 4.57 Å². The molecule has 2 aromatic carbocycles. The first-order valence-corrected chi connectivity index (χ1v) is 11.1. The van der Waals surface area contributed by atoms with Crippen molar-refractivity contribution < 1.29 is 14.2 Å². The van der Waals surface area contributed by atoms with E-state index in [1.54, 1.807) is 26.0 Å². The van der Waals surface area contributed by atoms with Crippen molar-refractivity contribution in [3.63, 3.8) is 0 Å². The third kappa shape index (κ3) is 4.63. The number of nitrogens with zero attached hydrogens (tertiary/aromatic N) is 3. The third-order valence-electron chi connectivity index (χ3n) is 5.27. The molecular weight excluding hydrogens is 398 g/mol. The molecule has 1 aliphatic heterocycles. The second-order valence-corrected chi connectivity index (χ2v) is 8.33. The second kappa shape index (κ2) is 9.53. The molecule has 3 aromatic rings. The average Bonchev–Trinajstić information content (AvgIpc) is 3.43. The first-order valence-electron chi connectivity index (χ1n) is 10.1. The van der Waals surface area contributed by atoms with E-state index < -0.39 is 0 Å². The summed E-state index contributed by atoms with van der Waals surface area (Å²) in [7, 11) is 3.38. The summed E-state index contributed by atoms with van der Waals surface area (Å²) < 4.78 is 18.9. The van der Waals surface area contributed by atoms with Crippen molar-refractivity contribution in [3.05, 3.63) is 53.6 Å². The Balaban J connectivity index is 1.61. The van der Waals surface area contributed by atoms with Gasteiger partial charge in [0.25, 0.3) is 0 Å². The zero-order valence-electron chi connectivity index (χ0n) is 17.6. The van der Waals surface area contributed by atoms with Crippen LogP contribution in [0.25, 0.3) is 11.4 Å². The number of aryl methyl sites for hydroxylation is 1. The quantitative estimate of drug-likeness (QED) is 0.486. The molecule has 0 N–H and O–H groups in total. The van der Waals surface area contributed by atoms with E-state index in [-0.39, 0.29) is 6.10 Å². The van der Waals surface area contributed by atoms with Gasteiger partial charge in [-0.2, -0.15) is 0 Å². The van der Waals surface area contributed by atoms with Gasteiger partial charge in [0.15, 0.2) is 11.0 Å². The molecule has 1 atom stereocenters. The molecule has 2 heterocycles. The second-order valence-electron chi connectivity index (χ2n) is 7.38. The number of hydrogen-bond acceptors (Lipinski definition) is 6. The molecular formula is C23H27N3O3S. The summed E-state index contributed by atoms with van der Waals surface area (Å²) in [6, 6.07) is 14.2. The molecule has 0 radical (unpaired) electrons. The molecule has 4 rings (SSSR count). The van der Waals surface area contributed by atoms with Crippen molar-refractivity contribution in [2.45, 2.75) is 43.3 Å². The van der Waals surface area contributed by atoms with E-state index in [9.17, 15) is 0 Å². The Bertz CT molecular complexity index is 982. The van der Waals surface area contributed by atoms with Gasteiger partial charge < -0.3 is 14.2 Å². The number of thioether (sulfide) groups is 1. The lowest BCUT2D eigenvalue weighted by molar-refractivity contribution is 0.0953. The van der Waals surface area contributed by atoms with E-state index in [2.05, 4.69) is 33.8 Å². The van der Waals surface area contributed by atoms with Crippen LogP contribution in [0.2, 0.25) is 0 Å². The van der Waals surface area contributed by atoms with Gasteiger partial charge in [0, 0.05) is 23.5 Å². The van der Waals surface area contributed by atoms with Crippen molar-refractivity contribution >= 4 is 11.8 Å². The molecule has 0 amide bonds. The molecule has 1 unspecified atom stereocenters. The van der Waals surface area contributed by atoms with Crippen molar-refractivity contribution in [1.29, 1.82) is 0 Å². The average molecular weight is 426 g/mol. The fraction of sp³-hybridized carbons (Fsp3) is 0.391. The van der Waals surface area contributed by atoms with Gasteiger partial charge in [-0.1, -0.05) is 29.5 Å². The Morgan fingerprint density at radius 3 is 2.63 bits per heavy atom. The maximum atomic E-state index is 5.90. The van der Waals surface area contributed by atoms with E-state index in [4.69, 9.17) is 14.2 Å². The van der Waals surface area contributed by atoms with Crippen molar-refractivity contribution in [1.82, 2.24) is 14.8 Å². The van der Waals surface area contributed by atoms with Crippen molar-refractivity contribution in [3.8, 4) is 22.9 Å². The van der Waals surface area contributed by atoms with Gasteiger partial charge in [0.2, 0.25) is 0 Å². The monoisotopic (exact) mass is 425 g/mol. The number of hydrogen-bond donors (Lipinski definition) is 0. The Kier molecular flexibility index (Phi) is 6.59. The van der Waals surface area contributed by atoms with E-state index >= 15 is 0 Å². The van der Waals surface area contributed by atoms with Crippen molar-refractivity contribution in [2.24, 2.45) is 0 Å². The van der Waals surface area contributed by atoms with Gasteiger partial charge in [0.1, 0.15) is 11.5 Å². The lowest BCUT2D eigenvalue weighted by atomic mass is 10.1. The molecule has 1 saturated heterocycles. The topological polar surface area (TPSA) is 58.4 Å². The minimum Gasteiger partial charge on any atom is -0.497 e. The smallest absolute Gasteiger partial charge is 0.191 e. The maximum absolute atomic E-state index is 5.90. The Morgan fingerprint density at radius 1 is 1.10 bits per heavy atom. The molecule has 1 fully saturated rings. The summed E-state index contributed by atoms with van der Waals surface area (Å²) in [5.41, 5.74) is 3.38. The van der Waals surface area contributed by atoms with Crippen LogP contribution in [0.3, 0.4) is 0 Å². The first kappa shape index (κ1) is 20.8. The maximum Gasteiger partial charge on any atom is 0.191 e. The molecule has 1 aliphatic rings. The summed E-state index contributed by atoms with van der Waals surface area (Å²) in [5, 5.41) is 9.93. The minimum absolute atomic E-state index is 0.200. The number of aromatic nitrogens is 3. The molecule has 158 valence electrons. The predicted octanol–water partition coefficient (Wildman–Crippen LogP) is 4.74. The van der Waals surface area contributed by atoms with E-state index in [0.717, 1.165) is 65.4 Å². The van der Waals surface area contributed by atoms with E-state index in [0.29, 0.717) is 0 Å². The summed E-state index contributed by atoms with van der Waals surface area (Å²) in [4.78, 5) is 0. The Morgan fingerprint density at radius 2 is 1.93 bits per heavy atom. The van der Waals surface area contributed by atoms with Crippen LogP contribution in [-0.4, -0.2) is 41.7 Å². The normalized spacial score (nSPS) is 16.0. The summed E-state index contributed by atoms with van der Waals surface area (Å²) in [6.07, 6.45) is 2.37. The van der Waals surface area contributed by atoms with Crippen LogP contribution in [0.5, 0.6) is 11.5 Å². The molecule has 1 aromatic heterocycles. The van der Waals surface area contributed by atoms with Gasteiger partial charge in [-0.25, -0.2) is 0 Å². The highest BCUT2D eigenvalue weighted by atomic mass is 32.2. The fourth-order valence-corrected chi connectivity index (χ4v) is 4.59. The van der Waals surface area contributed by atoms with Gasteiger partial charge >= 0.3 is 0 Å². The van der Waals surface area contributed by atoms with Crippen LogP contribution < -0.4 is 9.47 Å². The molecule has 0 bridgehead atoms. The van der Waals surface area contributed by atoms with Crippen molar-refractivity contribution in [2.75, 3.05) is 20.8 Å². The van der Waals surface area contributed by atoms with Gasteiger partial charge in [0.05, 0.1) is 26.9 Å². The molecule has 7 heteroatoms. The zero-order chi connectivity index (χ0) is 20.9. The number of ether oxygens (including phenoxy) is 3. The van der Waals surface area contributed by atoms with E-state index in [1.807, 2.05) is 30.3 Å².